The van der Waals surface area contributed by atoms with Crippen LogP contribution >= 0.6 is 11.6 Å². The summed E-state index contributed by atoms with van der Waals surface area (Å²) in [5.41, 5.74) is 1.75. The summed E-state index contributed by atoms with van der Waals surface area (Å²) in [6.07, 6.45) is 0.698. The summed E-state index contributed by atoms with van der Waals surface area (Å²) in [5.74, 6) is 1.75. The highest BCUT2D eigenvalue weighted by Crippen LogP contribution is 2.28. The van der Waals surface area contributed by atoms with Gasteiger partial charge in [0.25, 0.3) is 0 Å². The molecule has 4 nitrogen and oxygen atoms in total. The van der Waals surface area contributed by atoms with E-state index in [-0.39, 0.29) is 0 Å². The van der Waals surface area contributed by atoms with Crippen LogP contribution in [0.3, 0.4) is 0 Å². The van der Waals surface area contributed by atoms with Crippen LogP contribution in [-0.2, 0) is 6.42 Å². The molecular formula is C16H14ClN3O. The number of halogens is 1. The minimum absolute atomic E-state index is 0.376. The fourth-order valence-electron chi connectivity index (χ4n) is 2.06. The van der Waals surface area contributed by atoms with Crippen LogP contribution in [-0.4, -0.2) is 15.0 Å². The van der Waals surface area contributed by atoms with Crippen molar-refractivity contribution in [1.29, 1.82) is 0 Å². The van der Waals surface area contributed by atoms with E-state index in [1.165, 1.54) is 0 Å². The third kappa shape index (κ3) is 2.95. The van der Waals surface area contributed by atoms with Crippen LogP contribution in [0.4, 0.5) is 0 Å². The quantitative estimate of drug-likeness (QED) is 0.675. The van der Waals surface area contributed by atoms with Crippen molar-refractivity contribution in [2.75, 3.05) is 0 Å². The van der Waals surface area contributed by atoms with E-state index in [0.29, 0.717) is 29.0 Å². The molecule has 0 saturated heterocycles. The number of ether oxygens (including phenoxy) is 1. The summed E-state index contributed by atoms with van der Waals surface area (Å²) in [4.78, 5) is 13.0. The van der Waals surface area contributed by atoms with Crippen LogP contribution in [0.15, 0.2) is 36.4 Å². The predicted octanol–water partition coefficient (Wildman–Crippen LogP) is 4.34. The number of hydrogen-bond donors (Lipinski definition) is 0. The van der Waals surface area contributed by atoms with Crippen LogP contribution < -0.4 is 4.74 Å². The number of pyridine rings is 1. The Morgan fingerprint density at radius 3 is 2.76 bits per heavy atom. The number of rotatable bonds is 3. The minimum atomic E-state index is 0.376. The first-order chi connectivity index (χ1) is 10.2. The third-order valence-electron chi connectivity index (χ3n) is 3.07. The fraction of sp³-hybridized carbons (Fsp3) is 0.188. The van der Waals surface area contributed by atoms with Gasteiger partial charge >= 0.3 is 0 Å². The summed E-state index contributed by atoms with van der Waals surface area (Å²) >= 11 is 5.99. The molecule has 1 aromatic carbocycles. The van der Waals surface area contributed by atoms with Gasteiger partial charge in [-0.05, 0) is 19.1 Å². The van der Waals surface area contributed by atoms with Crippen LogP contribution in [0.25, 0.3) is 10.9 Å². The Bertz CT molecular complexity index is 805. The summed E-state index contributed by atoms with van der Waals surface area (Å²) in [5, 5.41) is 1.40. The number of nitrogens with zero attached hydrogens (tertiary/aromatic N) is 3. The van der Waals surface area contributed by atoms with Crippen molar-refractivity contribution in [3.05, 3.63) is 53.1 Å². The highest BCUT2D eigenvalue weighted by atomic mass is 35.5. The SMILES string of the molecule is CCc1nc(Cl)cc(Oc2cccc3ccc(C)nc23)n1. The molecule has 2 heterocycles. The second-order valence-electron chi connectivity index (χ2n) is 4.68. The number of para-hydroxylation sites is 1. The molecule has 0 unspecified atom stereocenters. The average Bonchev–Trinajstić information content (AvgIpc) is 2.47. The molecule has 5 heteroatoms. The maximum Gasteiger partial charge on any atom is 0.224 e. The molecular weight excluding hydrogens is 286 g/mol. The van der Waals surface area contributed by atoms with E-state index in [2.05, 4.69) is 15.0 Å². The van der Waals surface area contributed by atoms with Crippen molar-refractivity contribution >= 4 is 22.5 Å². The van der Waals surface area contributed by atoms with Gasteiger partial charge in [0.2, 0.25) is 5.88 Å². The van der Waals surface area contributed by atoms with Crippen LogP contribution in [0, 0.1) is 6.92 Å². The second-order valence-corrected chi connectivity index (χ2v) is 5.07. The molecule has 21 heavy (non-hydrogen) atoms. The highest BCUT2D eigenvalue weighted by molar-refractivity contribution is 6.29. The molecule has 2 aromatic heterocycles. The van der Waals surface area contributed by atoms with Gasteiger partial charge in [0.15, 0.2) is 5.75 Å². The molecule has 3 aromatic rings. The van der Waals surface area contributed by atoms with Gasteiger partial charge in [0.1, 0.15) is 16.5 Å². The zero-order valence-electron chi connectivity index (χ0n) is 11.8. The number of hydrogen-bond acceptors (Lipinski definition) is 4. The van der Waals surface area contributed by atoms with Crippen molar-refractivity contribution in [2.24, 2.45) is 0 Å². The zero-order valence-corrected chi connectivity index (χ0v) is 12.6. The third-order valence-corrected chi connectivity index (χ3v) is 3.26. The Balaban J connectivity index is 2.05. The van der Waals surface area contributed by atoms with Gasteiger partial charge in [0.05, 0.1) is 0 Å². The molecule has 0 aliphatic heterocycles. The Kier molecular flexibility index (Phi) is 3.71. The number of benzene rings is 1. The summed E-state index contributed by atoms with van der Waals surface area (Å²) in [6.45, 7) is 3.92. The molecule has 0 saturated carbocycles. The van der Waals surface area contributed by atoms with Gasteiger partial charge in [-0.3, -0.25) is 0 Å². The number of fused-ring (bicyclic) bond motifs is 1. The summed E-state index contributed by atoms with van der Waals surface area (Å²) < 4.78 is 5.87. The maximum absolute atomic E-state index is 5.99. The lowest BCUT2D eigenvalue weighted by atomic mass is 10.2. The fourth-order valence-corrected chi connectivity index (χ4v) is 2.26. The van der Waals surface area contributed by atoms with Crippen LogP contribution in [0.1, 0.15) is 18.4 Å². The van der Waals surface area contributed by atoms with Gasteiger partial charge in [-0.25, -0.2) is 9.97 Å². The predicted molar refractivity (Wildman–Crippen MR) is 83.0 cm³/mol. The second kappa shape index (κ2) is 5.66. The molecule has 0 aliphatic carbocycles. The first kappa shape index (κ1) is 13.8. The highest BCUT2D eigenvalue weighted by Gasteiger charge is 2.08. The Labute approximate surface area is 127 Å². The molecule has 0 radical (unpaired) electrons. The van der Waals surface area contributed by atoms with Crippen molar-refractivity contribution in [1.82, 2.24) is 15.0 Å². The molecule has 0 atom stereocenters. The minimum Gasteiger partial charge on any atom is -0.437 e. The first-order valence-corrected chi connectivity index (χ1v) is 7.11. The van der Waals surface area contributed by atoms with Crippen LogP contribution in [0.5, 0.6) is 11.6 Å². The first-order valence-electron chi connectivity index (χ1n) is 6.73. The van der Waals surface area contributed by atoms with Crippen molar-refractivity contribution in [3.63, 3.8) is 0 Å². The lowest BCUT2D eigenvalue weighted by Crippen LogP contribution is -1.97. The van der Waals surface area contributed by atoms with Gasteiger partial charge < -0.3 is 4.74 Å². The van der Waals surface area contributed by atoms with Gasteiger partial charge in [-0.15, -0.1) is 0 Å². The van der Waals surface area contributed by atoms with Crippen molar-refractivity contribution in [2.45, 2.75) is 20.3 Å². The van der Waals surface area contributed by atoms with Crippen LogP contribution in [0.2, 0.25) is 5.15 Å². The standard InChI is InChI=1S/C16H14ClN3O/c1-3-14-19-13(17)9-15(20-14)21-12-6-4-5-11-8-7-10(2)18-16(11)12/h4-9H,3H2,1-2H3. The van der Waals surface area contributed by atoms with Crippen molar-refractivity contribution in [3.8, 4) is 11.6 Å². The molecule has 0 spiro atoms. The summed E-state index contributed by atoms with van der Waals surface area (Å²) in [6, 6.07) is 11.4. The smallest absolute Gasteiger partial charge is 0.224 e. The lowest BCUT2D eigenvalue weighted by Gasteiger charge is -2.09. The van der Waals surface area contributed by atoms with Gasteiger partial charge in [0, 0.05) is 23.6 Å². The number of aromatic nitrogens is 3. The van der Waals surface area contributed by atoms with E-state index < -0.39 is 0 Å². The van der Waals surface area contributed by atoms with E-state index in [1.807, 2.05) is 44.2 Å². The Morgan fingerprint density at radius 2 is 1.95 bits per heavy atom. The molecule has 3 rings (SSSR count). The van der Waals surface area contributed by atoms with Gasteiger partial charge in [-0.1, -0.05) is 36.7 Å². The zero-order chi connectivity index (χ0) is 14.8. The summed E-state index contributed by atoms with van der Waals surface area (Å²) in [7, 11) is 0. The van der Waals surface area contributed by atoms with Crippen molar-refractivity contribution < 1.29 is 4.74 Å². The molecule has 106 valence electrons. The lowest BCUT2D eigenvalue weighted by molar-refractivity contribution is 0.463. The molecule has 0 fully saturated rings. The molecule has 0 bridgehead atoms. The average molecular weight is 300 g/mol. The van der Waals surface area contributed by atoms with E-state index in [1.54, 1.807) is 6.07 Å². The van der Waals surface area contributed by atoms with E-state index >= 15 is 0 Å². The molecule has 0 N–H and O–H groups in total. The normalized spacial score (nSPS) is 10.8. The van der Waals surface area contributed by atoms with E-state index in [4.69, 9.17) is 16.3 Å². The molecule has 0 amide bonds. The Hall–Kier alpha value is -2.20. The van der Waals surface area contributed by atoms with E-state index in [9.17, 15) is 0 Å². The molecule has 0 aliphatic rings. The maximum atomic E-state index is 5.99. The topological polar surface area (TPSA) is 47.9 Å². The monoisotopic (exact) mass is 299 g/mol. The largest absolute Gasteiger partial charge is 0.437 e. The Morgan fingerprint density at radius 1 is 1.10 bits per heavy atom. The van der Waals surface area contributed by atoms with E-state index in [0.717, 1.165) is 16.6 Å². The number of aryl methyl sites for hydroxylation is 2. The van der Waals surface area contributed by atoms with Gasteiger partial charge in [-0.2, -0.15) is 4.98 Å².